The van der Waals surface area contributed by atoms with Crippen molar-refractivity contribution in [2.24, 2.45) is 0 Å². The lowest BCUT2D eigenvalue weighted by Crippen LogP contribution is -2.51. The van der Waals surface area contributed by atoms with Crippen molar-refractivity contribution in [3.05, 3.63) is 60.3 Å². The van der Waals surface area contributed by atoms with Crippen LogP contribution in [0.1, 0.15) is 54.3 Å². The summed E-state index contributed by atoms with van der Waals surface area (Å²) in [5.74, 6) is -2.89. The number of hydrogen-bond donors (Lipinski definition) is 2. The molecule has 3 N–H and O–H groups in total. The SMILES string of the molecule is CCCCn1c(N)c(N(CC)C(=O)C(C)N2C(=O)c3cccc([N+](=O)[O-])c3C2=O)c(=O)[nH]c1=O. The Morgan fingerprint density at radius 2 is 1.88 bits per heavy atom. The number of unbranched alkanes of at least 4 members (excludes halogenated alkanes) is 1. The van der Waals surface area contributed by atoms with E-state index in [9.17, 15) is 34.1 Å². The summed E-state index contributed by atoms with van der Waals surface area (Å²) in [4.78, 5) is 78.4. The quantitative estimate of drug-likeness (QED) is 0.322. The number of carbonyl (C=O) groups is 3. The molecule has 1 atom stereocenters. The molecule has 2 aromatic rings. The number of benzene rings is 1. The number of nitrogens with zero attached hydrogens (tertiary/aromatic N) is 4. The molecule has 3 rings (SSSR count). The van der Waals surface area contributed by atoms with E-state index in [4.69, 9.17) is 5.73 Å². The van der Waals surface area contributed by atoms with Crippen LogP contribution in [0.15, 0.2) is 27.8 Å². The number of imide groups is 1. The maximum absolute atomic E-state index is 13.4. The van der Waals surface area contributed by atoms with Crippen molar-refractivity contribution in [3.8, 4) is 0 Å². The second-order valence-electron chi connectivity index (χ2n) is 7.69. The highest BCUT2D eigenvalue weighted by Crippen LogP contribution is 2.32. The van der Waals surface area contributed by atoms with Crippen LogP contribution in [0.25, 0.3) is 0 Å². The third kappa shape index (κ3) is 3.84. The van der Waals surface area contributed by atoms with Crippen LogP contribution in [0.4, 0.5) is 17.2 Å². The average Bonchev–Trinajstić information content (AvgIpc) is 3.05. The van der Waals surface area contributed by atoms with Crippen molar-refractivity contribution in [2.75, 3.05) is 17.2 Å². The first-order valence-corrected chi connectivity index (χ1v) is 10.7. The first-order chi connectivity index (χ1) is 16.1. The summed E-state index contributed by atoms with van der Waals surface area (Å²) >= 11 is 0. The third-order valence-corrected chi connectivity index (χ3v) is 5.67. The highest BCUT2D eigenvalue weighted by molar-refractivity contribution is 6.25. The fraction of sp³-hybridized carbons (Fsp3) is 0.381. The Labute approximate surface area is 192 Å². The summed E-state index contributed by atoms with van der Waals surface area (Å²) in [5, 5.41) is 11.3. The van der Waals surface area contributed by atoms with Crippen molar-refractivity contribution in [2.45, 2.75) is 46.2 Å². The minimum absolute atomic E-state index is 0.0637. The summed E-state index contributed by atoms with van der Waals surface area (Å²) < 4.78 is 1.15. The van der Waals surface area contributed by atoms with Crippen LogP contribution in [0.2, 0.25) is 0 Å². The van der Waals surface area contributed by atoms with Gasteiger partial charge >= 0.3 is 5.69 Å². The predicted molar refractivity (Wildman–Crippen MR) is 122 cm³/mol. The Balaban J connectivity index is 2.03. The zero-order valence-electron chi connectivity index (χ0n) is 18.9. The van der Waals surface area contributed by atoms with Gasteiger partial charge in [-0.3, -0.25) is 43.7 Å². The standard InChI is InChI=1S/C21H24N6O7/c1-4-6-10-25-16(22)15(17(28)23-21(25)32)24(5-2)18(29)11(3)26-19(30)12-8-7-9-13(27(33)34)14(12)20(26)31/h7-9,11H,4-6,10,22H2,1-3H3,(H,23,28,32). The van der Waals surface area contributed by atoms with Gasteiger partial charge in [-0.1, -0.05) is 19.4 Å². The predicted octanol–water partition coefficient (Wildman–Crippen LogP) is 0.865. The molecule has 0 radical (unpaired) electrons. The van der Waals surface area contributed by atoms with Crippen LogP contribution >= 0.6 is 0 Å². The number of nitro benzene ring substituents is 1. The highest BCUT2D eigenvalue weighted by atomic mass is 16.6. The number of H-pyrrole nitrogens is 1. The minimum atomic E-state index is -1.42. The summed E-state index contributed by atoms with van der Waals surface area (Å²) in [6.45, 7) is 4.89. The van der Waals surface area contributed by atoms with Gasteiger partial charge in [0.2, 0.25) is 5.91 Å². The first kappa shape index (κ1) is 24.4. The number of nitro groups is 1. The summed E-state index contributed by atoms with van der Waals surface area (Å²) in [7, 11) is 0. The molecule has 1 aromatic heterocycles. The summed E-state index contributed by atoms with van der Waals surface area (Å²) in [6.07, 6.45) is 1.35. The molecule has 0 bridgehead atoms. The second kappa shape index (κ2) is 9.29. The van der Waals surface area contributed by atoms with Gasteiger partial charge in [0, 0.05) is 19.2 Å². The van der Waals surface area contributed by atoms with Crippen molar-refractivity contribution < 1.29 is 19.3 Å². The Kier molecular flexibility index (Phi) is 6.66. The van der Waals surface area contributed by atoms with E-state index in [0.29, 0.717) is 11.3 Å². The Bertz CT molecular complexity index is 1310. The number of amides is 3. The number of hydrogen-bond acceptors (Lipinski definition) is 8. The zero-order chi connectivity index (χ0) is 25.3. The normalized spacial score (nSPS) is 13.7. The van der Waals surface area contributed by atoms with E-state index in [1.807, 2.05) is 6.92 Å². The molecule has 0 saturated carbocycles. The molecule has 1 aliphatic heterocycles. The molecule has 13 nitrogen and oxygen atoms in total. The maximum Gasteiger partial charge on any atom is 0.330 e. The van der Waals surface area contributed by atoms with Crippen molar-refractivity contribution in [3.63, 3.8) is 0 Å². The van der Waals surface area contributed by atoms with Gasteiger partial charge in [0.05, 0.1) is 10.5 Å². The number of fused-ring (bicyclic) bond motifs is 1. The number of anilines is 2. The van der Waals surface area contributed by atoms with Crippen LogP contribution in [0, 0.1) is 10.1 Å². The molecule has 2 heterocycles. The number of aromatic amines is 1. The van der Waals surface area contributed by atoms with Crippen molar-refractivity contribution >= 4 is 34.9 Å². The van der Waals surface area contributed by atoms with Gasteiger partial charge in [-0.2, -0.15) is 0 Å². The highest BCUT2D eigenvalue weighted by Gasteiger charge is 2.46. The molecule has 3 amide bonds. The van der Waals surface area contributed by atoms with Gasteiger partial charge in [0.1, 0.15) is 17.4 Å². The van der Waals surface area contributed by atoms with E-state index in [-0.39, 0.29) is 30.2 Å². The largest absolute Gasteiger partial charge is 0.383 e. The number of aromatic nitrogens is 2. The van der Waals surface area contributed by atoms with Gasteiger partial charge in [0.15, 0.2) is 5.69 Å². The molecule has 0 aliphatic carbocycles. The number of nitrogens with one attached hydrogen (secondary N) is 1. The fourth-order valence-electron chi connectivity index (χ4n) is 3.93. The van der Waals surface area contributed by atoms with E-state index in [1.54, 1.807) is 6.92 Å². The molecule has 1 aliphatic rings. The third-order valence-electron chi connectivity index (χ3n) is 5.67. The number of nitrogen functional groups attached to an aromatic ring is 1. The fourth-order valence-corrected chi connectivity index (χ4v) is 3.93. The molecule has 34 heavy (non-hydrogen) atoms. The van der Waals surface area contributed by atoms with Crippen LogP contribution < -0.4 is 21.9 Å². The van der Waals surface area contributed by atoms with Gasteiger partial charge in [-0.15, -0.1) is 0 Å². The Morgan fingerprint density at radius 3 is 2.47 bits per heavy atom. The lowest BCUT2D eigenvalue weighted by atomic mass is 10.1. The lowest BCUT2D eigenvalue weighted by molar-refractivity contribution is -0.385. The second-order valence-corrected chi connectivity index (χ2v) is 7.69. The molecule has 0 saturated heterocycles. The van der Waals surface area contributed by atoms with Gasteiger partial charge < -0.3 is 10.6 Å². The van der Waals surface area contributed by atoms with E-state index < -0.39 is 51.2 Å². The molecule has 13 heteroatoms. The van der Waals surface area contributed by atoms with Gasteiger partial charge in [0.25, 0.3) is 23.1 Å². The smallest absolute Gasteiger partial charge is 0.330 e. The molecular weight excluding hydrogens is 448 g/mol. The molecule has 0 fully saturated rings. The minimum Gasteiger partial charge on any atom is -0.383 e. The zero-order valence-corrected chi connectivity index (χ0v) is 18.9. The molecule has 0 spiro atoms. The molecule has 1 unspecified atom stereocenters. The van der Waals surface area contributed by atoms with Crippen molar-refractivity contribution in [1.82, 2.24) is 14.5 Å². The Hall–Kier alpha value is -4.29. The average molecular weight is 472 g/mol. The number of nitrogens with two attached hydrogens (primary N) is 1. The summed E-state index contributed by atoms with van der Waals surface area (Å²) in [5.41, 5.74) is 3.07. The van der Waals surface area contributed by atoms with E-state index in [0.717, 1.165) is 22.0 Å². The van der Waals surface area contributed by atoms with Crippen molar-refractivity contribution in [1.29, 1.82) is 0 Å². The number of carbonyl (C=O) groups excluding carboxylic acids is 3. The van der Waals surface area contributed by atoms with Crippen LogP contribution in [-0.2, 0) is 11.3 Å². The van der Waals surface area contributed by atoms with E-state index in [1.165, 1.54) is 19.1 Å². The maximum atomic E-state index is 13.4. The van der Waals surface area contributed by atoms with E-state index >= 15 is 0 Å². The van der Waals surface area contributed by atoms with E-state index in [2.05, 4.69) is 4.98 Å². The van der Waals surface area contributed by atoms with Crippen LogP contribution in [0.5, 0.6) is 0 Å². The van der Waals surface area contributed by atoms with Gasteiger partial charge in [-0.05, 0) is 26.3 Å². The van der Waals surface area contributed by atoms with Crippen LogP contribution in [-0.4, -0.2) is 49.7 Å². The molecule has 180 valence electrons. The van der Waals surface area contributed by atoms with Crippen LogP contribution in [0.3, 0.4) is 0 Å². The Morgan fingerprint density at radius 1 is 1.21 bits per heavy atom. The lowest BCUT2D eigenvalue weighted by Gasteiger charge is -2.29. The summed E-state index contributed by atoms with van der Waals surface area (Å²) in [6, 6.07) is 2.22. The number of rotatable bonds is 8. The monoisotopic (exact) mass is 472 g/mol. The topological polar surface area (TPSA) is 182 Å². The number of likely N-dealkylation sites (N-methyl/N-ethyl adjacent to an activating group) is 1. The molecular formula is C21H24N6O7. The molecule has 1 aromatic carbocycles. The first-order valence-electron chi connectivity index (χ1n) is 10.7. The van der Waals surface area contributed by atoms with Gasteiger partial charge in [-0.25, -0.2) is 4.79 Å².